The lowest BCUT2D eigenvalue weighted by Gasteiger charge is -2.19. The third-order valence-corrected chi connectivity index (χ3v) is 5.33. The Balaban J connectivity index is 1.40. The average Bonchev–Trinajstić information content (AvgIpc) is 2.86. The molecule has 0 atom stereocenters. The van der Waals surface area contributed by atoms with Crippen LogP contribution in [0, 0.1) is 5.92 Å². The average molecular weight is 469 g/mol. The van der Waals surface area contributed by atoms with Gasteiger partial charge in [-0.2, -0.15) is 5.10 Å². The molecule has 4 aromatic rings. The van der Waals surface area contributed by atoms with E-state index in [2.05, 4.69) is 15.7 Å². The summed E-state index contributed by atoms with van der Waals surface area (Å²) >= 11 is 0. The van der Waals surface area contributed by atoms with Crippen molar-refractivity contribution in [2.45, 2.75) is 13.8 Å². The van der Waals surface area contributed by atoms with Gasteiger partial charge in [0.15, 0.2) is 0 Å². The van der Waals surface area contributed by atoms with Gasteiger partial charge in [0.2, 0.25) is 0 Å². The summed E-state index contributed by atoms with van der Waals surface area (Å²) in [4.78, 5) is 25.4. The number of hydrazone groups is 1. The number of fused-ring (bicyclic) bond motifs is 2. The van der Waals surface area contributed by atoms with Gasteiger partial charge in [-0.3, -0.25) is 5.32 Å². The Morgan fingerprint density at radius 3 is 1.97 bits per heavy atom. The second-order valence-corrected chi connectivity index (χ2v) is 8.38. The monoisotopic (exact) mass is 468 g/mol. The number of hydrogen-bond acceptors (Lipinski definition) is 4. The van der Waals surface area contributed by atoms with Gasteiger partial charge < -0.3 is 10.1 Å². The van der Waals surface area contributed by atoms with E-state index >= 15 is 0 Å². The fourth-order valence-corrected chi connectivity index (χ4v) is 3.64. The number of carbonyl (C=O) groups excluding carboxylic acids is 2. The molecule has 0 fully saturated rings. The number of benzene rings is 4. The van der Waals surface area contributed by atoms with Crippen molar-refractivity contribution >= 4 is 51.3 Å². The zero-order valence-corrected chi connectivity index (χ0v) is 19.8. The van der Waals surface area contributed by atoms with Crippen molar-refractivity contribution in [2.24, 2.45) is 11.0 Å². The fraction of sp³-hybridized carbons (Fsp3) is 0.179. The van der Waals surface area contributed by atoms with Gasteiger partial charge in [0, 0.05) is 17.0 Å². The molecule has 0 bridgehead atoms. The number of urea groups is 1. The van der Waals surface area contributed by atoms with Crippen LogP contribution in [0.5, 0.6) is 0 Å². The molecule has 3 amide bonds. The molecule has 0 aliphatic heterocycles. The maximum Gasteiger partial charge on any atom is 0.411 e. The zero-order chi connectivity index (χ0) is 24.6. The van der Waals surface area contributed by atoms with Gasteiger partial charge in [-0.25, -0.2) is 14.6 Å². The topological polar surface area (TPSA) is 83.0 Å². The molecule has 7 nitrogen and oxygen atoms in total. The van der Waals surface area contributed by atoms with Crippen LogP contribution in [0.25, 0.3) is 21.5 Å². The van der Waals surface area contributed by atoms with E-state index < -0.39 is 12.1 Å². The molecule has 0 spiro atoms. The predicted molar refractivity (Wildman–Crippen MR) is 142 cm³/mol. The first-order valence-corrected chi connectivity index (χ1v) is 11.5. The Kier molecular flexibility index (Phi) is 7.57. The minimum absolute atomic E-state index is 0.0189. The zero-order valence-electron chi connectivity index (χ0n) is 19.8. The van der Waals surface area contributed by atoms with Crippen LogP contribution in [0.15, 0.2) is 90.0 Å². The standard InChI is InChI=1S/C28H28N4O3/c1-20(2)19-29-32(27(33)30-25-15-7-11-21-9-3-5-13-23(21)25)17-18-35-28(34)31-26-16-8-12-22-10-4-6-14-24(22)26/h3-16,19-20H,17-18H2,1-2H3,(H,30,33)(H,31,34)/b29-19-. The molecule has 0 aliphatic carbocycles. The second kappa shape index (κ2) is 11.2. The normalized spacial score (nSPS) is 11.2. The molecule has 0 unspecified atom stereocenters. The summed E-state index contributed by atoms with van der Waals surface area (Å²) in [5.41, 5.74) is 1.35. The minimum atomic E-state index is -0.594. The number of nitrogens with one attached hydrogen (secondary N) is 2. The molecule has 4 rings (SSSR count). The van der Waals surface area contributed by atoms with E-state index in [9.17, 15) is 9.59 Å². The lowest BCUT2D eigenvalue weighted by Crippen LogP contribution is -2.34. The largest absolute Gasteiger partial charge is 0.447 e. The quantitative estimate of drug-likeness (QED) is 0.233. The number of hydrogen-bond donors (Lipinski definition) is 2. The fourth-order valence-electron chi connectivity index (χ4n) is 3.64. The van der Waals surface area contributed by atoms with Crippen LogP contribution in [-0.2, 0) is 4.74 Å². The van der Waals surface area contributed by atoms with Crippen LogP contribution in [0.2, 0.25) is 0 Å². The summed E-state index contributed by atoms with van der Waals surface area (Å²) in [7, 11) is 0. The van der Waals surface area contributed by atoms with E-state index in [-0.39, 0.29) is 19.1 Å². The van der Waals surface area contributed by atoms with E-state index in [1.165, 1.54) is 5.01 Å². The first kappa shape index (κ1) is 23.8. The molecule has 178 valence electrons. The number of amides is 3. The smallest absolute Gasteiger partial charge is 0.411 e. The Labute approximate surface area is 204 Å². The van der Waals surface area contributed by atoms with Gasteiger partial charge in [0.1, 0.15) is 6.61 Å². The third kappa shape index (κ3) is 6.14. The highest BCUT2D eigenvalue weighted by molar-refractivity contribution is 6.02. The summed E-state index contributed by atoms with van der Waals surface area (Å²) in [6.45, 7) is 4.02. The molecule has 0 radical (unpaired) electrons. The van der Waals surface area contributed by atoms with Gasteiger partial charge in [-0.1, -0.05) is 86.6 Å². The van der Waals surface area contributed by atoms with Crippen LogP contribution in [0.4, 0.5) is 21.0 Å². The summed E-state index contributed by atoms with van der Waals surface area (Å²) in [5.74, 6) is 0.151. The highest BCUT2D eigenvalue weighted by Crippen LogP contribution is 2.24. The van der Waals surface area contributed by atoms with Gasteiger partial charge in [0.25, 0.3) is 0 Å². The Hall–Kier alpha value is -4.39. The molecule has 0 heterocycles. The maximum absolute atomic E-state index is 13.0. The van der Waals surface area contributed by atoms with Crippen LogP contribution >= 0.6 is 0 Å². The molecule has 0 aliphatic rings. The Morgan fingerprint density at radius 2 is 1.37 bits per heavy atom. The highest BCUT2D eigenvalue weighted by Gasteiger charge is 2.15. The Morgan fingerprint density at radius 1 is 0.829 bits per heavy atom. The molecule has 0 aromatic heterocycles. The molecule has 4 aromatic carbocycles. The molecule has 7 heteroatoms. The third-order valence-electron chi connectivity index (χ3n) is 5.33. The van der Waals surface area contributed by atoms with Crippen molar-refractivity contribution in [1.29, 1.82) is 0 Å². The highest BCUT2D eigenvalue weighted by atomic mass is 16.5. The molecule has 35 heavy (non-hydrogen) atoms. The Bertz CT molecular complexity index is 1360. The summed E-state index contributed by atoms with van der Waals surface area (Å²) < 4.78 is 5.36. The van der Waals surface area contributed by atoms with Gasteiger partial charge in [-0.05, 0) is 28.8 Å². The minimum Gasteiger partial charge on any atom is -0.447 e. The number of ether oxygens (including phenoxy) is 1. The lowest BCUT2D eigenvalue weighted by atomic mass is 10.1. The number of anilines is 2. The molecular weight excluding hydrogens is 440 g/mol. The van der Waals surface area contributed by atoms with Crippen molar-refractivity contribution < 1.29 is 14.3 Å². The van der Waals surface area contributed by atoms with Crippen molar-refractivity contribution in [3.8, 4) is 0 Å². The van der Waals surface area contributed by atoms with Gasteiger partial charge in [-0.15, -0.1) is 0 Å². The molecular formula is C28H28N4O3. The van der Waals surface area contributed by atoms with Crippen LogP contribution in [0.3, 0.4) is 0 Å². The number of carbonyl (C=O) groups is 2. The van der Waals surface area contributed by atoms with Crippen LogP contribution < -0.4 is 10.6 Å². The maximum atomic E-state index is 13.0. The van der Waals surface area contributed by atoms with E-state index in [0.717, 1.165) is 21.5 Å². The summed E-state index contributed by atoms with van der Waals surface area (Å²) in [6.07, 6.45) is 1.09. The van der Waals surface area contributed by atoms with Crippen molar-refractivity contribution in [1.82, 2.24) is 5.01 Å². The number of rotatable bonds is 7. The first-order chi connectivity index (χ1) is 17.0. The van der Waals surface area contributed by atoms with E-state index in [1.54, 1.807) is 6.21 Å². The van der Waals surface area contributed by atoms with Crippen molar-refractivity contribution in [2.75, 3.05) is 23.8 Å². The van der Waals surface area contributed by atoms with E-state index in [1.807, 2.05) is 98.8 Å². The lowest BCUT2D eigenvalue weighted by molar-refractivity contribution is 0.145. The van der Waals surface area contributed by atoms with Crippen molar-refractivity contribution in [3.05, 3.63) is 84.9 Å². The van der Waals surface area contributed by atoms with Gasteiger partial charge in [0.05, 0.1) is 17.9 Å². The number of nitrogens with zero attached hydrogens (tertiary/aromatic N) is 2. The van der Waals surface area contributed by atoms with Crippen molar-refractivity contribution in [3.63, 3.8) is 0 Å². The second-order valence-electron chi connectivity index (χ2n) is 8.38. The SMILES string of the molecule is CC(C)/C=N\N(CCOC(=O)Nc1cccc2ccccc12)C(=O)Nc1cccc2ccccc12. The summed E-state index contributed by atoms with van der Waals surface area (Å²) in [6, 6.07) is 26.6. The summed E-state index contributed by atoms with van der Waals surface area (Å²) in [5, 5.41) is 15.2. The predicted octanol–water partition coefficient (Wildman–Crippen LogP) is 6.72. The molecule has 2 N–H and O–H groups in total. The van der Waals surface area contributed by atoms with Crippen LogP contribution in [0.1, 0.15) is 13.8 Å². The molecule has 0 saturated carbocycles. The van der Waals surface area contributed by atoms with Gasteiger partial charge >= 0.3 is 12.1 Å². The first-order valence-electron chi connectivity index (χ1n) is 11.5. The van der Waals surface area contributed by atoms with E-state index in [4.69, 9.17) is 4.74 Å². The van der Waals surface area contributed by atoms with Crippen LogP contribution in [-0.4, -0.2) is 36.5 Å². The molecule has 0 saturated heterocycles. The van der Waals surface area contributed by atoms with E-state index in [0.29, 0.717) is 11.4 Å².